The summed E-state index contributed by atoms with van der Waals surface area (Å²) in [7, 11) is 1.24. The maximum atomic E-state index is 13.3. The number of allylic oxidation sites excluding steroid dienone is 4. The first kappa shape index (κ1) is 41.8. The zero-order valence-electron chi connectivity index (χ0n) is 34.4. The molecule has 14 heteroatoms. The normalized spacial score (nSPS) is 12.9. The Morgan fingerprint density at radius 2 is 1.36 bits per heavy atom. The van der Waals surface area contributed by atoms with Gasteiger partial charge in [0.25, 0.3) is 0 Å². The van der Waals surface area contributed by atoms with E-state index in [9.17, 15) is 19.2 Å². The molecule has 0 unspecified atom stereocenters. The van der Waals surface area contributed by atoms with Crippen LogP contribution in [-0.2, 0) is 35.1 Å². The van der Waals surface area contributed by atoms with Crippen LogP contribution in [0.5, 0.6) is 0 Å². The van der Waals surface area contributed by atoms with Crippen LogP contribution in [0.1, 0.15) is 97.2 Å². The van der Waals surface area contributed by atoms with Crippen LogP contribution in [0.2, 0.25) is 0 Å². The molecule has 306 valence electrons. The fraction of sp³-hybridized carbons (Fsp3) is 0.311. The van der Waals surface area contributed by atoms with Crippen molar-refractivity contribution in [3.05, 3.63) is 101 Å². The van der Waals surface area contributed by atoms with E-state index in [0.717, 1.165) is 72.3 Å². The van der Waals surface area contributed by atoms with Crippen molar-refractivity contribution >= 4 is 80.3 Å². The van der Waals surface area contributed by atoms with E-state index in [1.54, 1.807) is 13.1 Å². The first-order valence-corrected chi connectivity index (χ1v) is 19.5. The molecule has 2 aliphatic rings. The van der Waals surface area contributed by atoms with Crippen LogP contribution in [0.3, 0.4) is 0 Å². The van der Waals surface area contributed by atoms with Crippen molar-refractivity contribution in [1.82, 2.24) is 40.5 Å². The number of esters is 2. The largest absolute Gasteiger partial charge is 0.467 e. The molecule has 2 amide bonds. The van der Waals surface area contributed by atoms with Gasteiger partial charge in [0.1, 0.15) is 6.04 Å². The number of carbonyl (C=O) groups excluding carboxylic acids is 4. The molecule has 0 aromatic carbocycles. The Hall–Kier alpha value is -6.83. The lowest BCUT2D eigenvalue weighted by Crippen LogP contribution is -2.47. The van der Waals surface area contributed by atoms with Gasteiger partial charge < -0.3 is 35.1 Å². The molecule has 0 spiro atoms. The second kappa shape index (κ2) is 18.2. The highest BCUT2D eigenvalue weighted by Crippen LogP contribution is 2.38. The minimum atomic E-state index is -0.962. The number of aryl methyl sites for hydroxylation is 2. The highest BCUT2D eigenvalue weighted by molar-refractivity contribution is 5.97. The number of carbonyl (C=O) groups is 4. The summed E-state index contributed by atoms with van der Waals surface area (Å²) in [5, 5.41) is 5.31. The number of ether oxygens (including phenoxy) is 2. The van der Waals surface area contributed by atoms with E-state index in [2.05, 4.69) is 49.8 Å². The van der Waals surface area contributed by atoms with Gasteiger partial charge in [0.15, 0.2) is 0 Å². The number of hydrogen-bond acceptors (Lipinski definition) is 9. The molecule has 6 rings (SSSR count). The second-order valence-corrected chi connectivity index (χ2v) is 14.4. The molecule has 59 heavy (non-hydrogen) atoms. The number of rotatable bonds is 15. The molecular weight excluding hydrogens is 749 g/mol. The van der Waals surface area contributed by atoms with Crippen molar-refractivity contribution in [2.24, 2.45) is 0 Å². The van der Waals surface area contributed by atoms with E-state index in [1.807, 2.05) is 58.0 Å². The van der Waals surface area contributed by atoms with Gasteiger partial charge in [0, 0.05) is 64.3 Å². The number of nitrogens with one attached hydrogen (secondary N) is 5. The fourth-order valence-electron chi connectivity index (χ4n) is 7.47. The molecule has 2 aliphatic heterocycles. The molecule has 4 aromatic rings. The van der Waals surface area contributed by atoms with Gasteiger partial charge in [-0.15, -0.1) is 0 Å². The molecule has 0 aliphatic carbocycles. The maximum Gasteiger partial charge on any atom is 0.328 e. The SMILES string of the molecule is C=Cc1c(C)c2cc3[nH]c(cc4nc(cc5nc(cc1[nH]2)C(C)=C5CCC(=O)NCC(=O)N[C@@H](Cc1cnc[nH]1)C(=O)OC)C(CCC(=O)OCC)=C4C)c(C)c3C=C. The fourth-order valence-corrected chi connectivity index (χ4v) is 7.47. The molecule has 0 radical (unpaired) electrons. The Balaban J connectivity index is 1.38. The summed E-state index contributed by atoms with van der Waals surface area (Å²) in [4.78, 5) is 75.3. The monoisotopic (exact) mass is 798 g/mol. The molecule has 6 heterocycles. The van der Waals surface area contributed by atoms with Crippen LogP contribution in [0.15, 0.2) is 49.9 Å². The Kier molecular flexibility index (Phi) is 12.9. The Morgan fingerprint density at radius 3 is 1.92 bits per heavy atom. The third kappa shape index (κ3) is 9.17. The smallest absolute Gasteiger partial charge is 0.328 e. The molecule has 14 nitrogen and oxygen atoms in total. The van der Waals surface area contributed by atoms with E-state index in [4.69, 9.17) is 19.4 Å². The number of H-pyrrole nitrogens is 3. The Morgan fingerprint density at radius 1 is 0.780 bits per heavy atom. The molecule has 0 saturated heterocycles. The van der Waals surface area contributed by atoms with E-state index >= 15 is 0 Å². The molecule has 0 saturated carbocycles. The number of nitrogens with zero attached hydrogens (tertiary/aromatic N) is 3. The highest BCUT2D eigenvalue weighted by atomic mass is 16.5. The molecule has 8 bridgehead atoms. The Bertz CT molecular complexity index is 2570. The first-order valence-electron chi connectivity index (χ1n) is 19.5. The number of amides is 2. The van der Waals surface area contributed by atoms with E-state index in [1.165, 1.54) is 13.4 Å². The highest BCUT2D eigenvalue weighted by Gasteiger charge is 2.25. The Labute approximate surface area is 342 Å². The van der Waals surface area contributed by atoms with Gasteiger partial charge in [-0.3, -0.25) is 14.4 Å². The van der Waals surface area contributed by atoms with Gasteiger partial charge in [-0.1, -0.05) is 25.3 Å². The van der Waals surface area contributed by atoms with Gasteiger partial charge >= 0.3 is 11.9 Å². The lowest BCUT2D eigenvalue weighted by molar-refractivity contribution is -0.145. The first-order chi connectivity index (χ1) is 28.3. The van der Waals surface area contributed by atoms with Gasteiger partial charge in [0.2, 0.25) is 11.8 Å². The summed E-state index contributed by atoms with van der Waals surface area (Å²) >= 11 is 0. The van der Waals surface area contributed by atoms with Crippen molar-refractivity contribution in [3.63, 3.8) is 0 Å². The van der Waals surface area contributed by atoms with Crippen LogP contribution < -0.4 is 10.6 Å². The second-order valence-electron chi connectivity index (χ2n) is 14.4. The summed E-state index contributed by atoms with van der Waals surface area (Å²) in [6.07, 6.45) is 7.78. The predicted molar refractivity (Wildman–Crippen MR) is 230 cm³/mol. The number of hydrogen-bond donors (Lipinski definition) is 5. The van der Waals surface area contributed by atoms with Gasteiger partial charge in [-0.05, 0) is 105 Å². The lowest BCUT2D eigenvalue weighted by atomic mass is 9.98. The molecule has 5 N–H and O–H groups in total. The third-order valence-corrected chi connectivity index (χ3v) is 10.8. The average Bonchev–Trinajstić information content (AvgIpc) is 4.02. The minimum Gasteiger partial charge on any atom is -0.467 e. The lowest BCUT2D eigenvalue weighted by Gasteiger charge is -2.16. The third-order valence-electron chi connectivity index (χ3n) is 10.8. The van der Waals surface area contributed by atoms with Crippen LogP contribution in [0.4, 0.5) is 0 Å². The van der Waals surface area contributed by atoms with Gasteiger partial charge in [-0.25, -0.2) is 19.7 Å². The minimum absolute atomic E-state index is 0.0509. The van der Waals surface area contributed by atoms with Crippen LogP contribution in [0, 0.1) is 13.8 Å². The summed E-state index contributed by atoms with van der Waals surface area (Å²) in [5.41, 5.74) is 14.4. The number of fused-ring (bicyclic) bond motifs is 8. The number of aromatic nitrogens is 6. The van der Waals surface area contributed by atoms with Gasteiger partial charge in [-0.2, -0.15) is 0 Å². The topological polar surface area (TPSA) is 197 Å². The zero-order valence-corrected chi connectivity index (χ0v) is 34.4. The number of methoxy groups -OCH3 is 1. The average molecular weight is 799 g/mol. The van der Waals surface area contributed by atoms with Crippen molar-refractivity contribution < 1.29 is 28.7 Å². The van der Waals surface area contributed by atoms with E-state index in [0.29, 0.717) is 42.2 Å². The number of imidazole rings is 1. The van der Waals surface area contributed by atoms with Crippen molar-refractivity contribution in [2.45, 2.75) is 72.8 Å². The van der Waals surface area contributed by atoms with Crippen LogP contribution in [0.25, 0.3) is 56.5 Å². The maximum absolute atomic E-state index is 13.3. The number of aromatic amines is 3. The summed E-state index contributed by atoms with van der Waals surface area (Å²) in [6.45, 7) is 18.0. The predicted octanol–water partition coefficient (Wildman–Crippen LogP) is 6.94. The summed E-state index contributed by atoms with van der Waals surface area (Å²) in [5.74, 6) is -1.82. The molecule has 0 fully saturated rings. The zero-order chi connectivity index (χ0) is 42.4. The van der Waals surface area contributed by atoms with E-state index < -0.39 is 17.9 Å². The van der Waals surface area contributed by atoms with Crippen LogP contribution in [-0.4, -0.2) is 80.0 Å². The van der Waals surface area contributed by atoms with Gasteiger partial charge in [0.05, 0.1) is 49.4 Å². The molecule has 1 atom stereocenters. The molecular formula is C45H50N8O6. The standard InChI is InChI=1S/C45H50N8O6/c1-9-29-24(4)33-17-34-27(7)32(13-15-44(56)59-11-3)40(51-34)20-39-31(26(6)36(52-39)19-38-30(10-2)25(5)35(50-38)18-37(29)49-33)12-14-42(54)47-22-43(55)53-41(45(57)58-8)16-28-21-46-23-48-28/h9-10,17-21,23,41,49-50H,1-2,11-16,22H2,3-8H3,(H,46,48)(H,47,54)(H,53,55)/t41-/m0/s1. The van der Waals surface area contributed by atoms with Crippen molar-refractivity contribution in [1.29, 1.82) is 0 Å². The summed E-state index contributed by atoms with van der Waals surface area (Å²) in [6, 6.07) is 7.03. The summed E-state index contributed by atoms with van der Waals surface area (Å²) < 4.78 is 10.1. The van der Waals surface area contributed by atoms with Crippen molar-refractivity contribution in [2.75, 3.05) is 20.3 Å². The van der Waals surface area contributed by atoms with Crippen molar-refractivity contribution in [3.8, 4) is 0 Å². The quantitative estimate of drug-likeness (QED) is 0.0791. The van der Waals surface area contributed by atoms with E-state index in [-0.39, 0.29) is 37.7 Å². The molecule has 4 aromatic heterocycles. The van der Waals surface area contributed by atoms with Crippen LogP contribution >= 0.6 is 0 Å².